The topological polar surface area (TPSA) is 106 Å². The summed E-state index contributed by atoms with van der Waals surface area (Å²) in [4.78, 5) is 23.8. The van der Waals surface area contributed by atoms with Crippen molar-refractivity contribution in [2.24, 2.45) is 5.73 Å². The summed E-state index contributed by atoms with van der Waals surface area (Å²) in [5.74, 6) is -0.981. The van der Waals surface area contributed by atoms with E-state index in [0.29, 0.717) is 21.7 Å². The Balaban J connectivity index is 2.31. The molecule has 0 aliphatic carbocycles. The number of thiophene rings is 1. The third-order valence-electron chi connectivity index (χ3n) is 4.15. The lowest BCUT2D eigenvalue weighted by molar-refractivity contribution is -0.114. The minimum absolute atomic E-state index is 0.108. The minimum atomic E-state index is -3.80. The predicted octanol–water partition coefficient (Wildman–Crippen LogP) is 3.61. The maximum atomic E-state index is 13.2. The standard InChI is InChI=1S/C20H18N2O4S2/c1-12-17(15-10-6-7-11-16(15)18(21)24)19(22-13(2)23)27-20(12)28(25,26)14-8-4-3-5-9-14/h3-11H,1-2H3,(H2,21,24)(H,22,23). The molecule has 28 heavy (non-hydrogen) atoms. The number of anilines is 1. The van der Waals surface area contributed by atoms with Crippen molar-refractivity contribution < 1.29 is 18.0 Å². The zero-order valence-corrected chi connectivity index (χ0v) is 16.9. The SMILES string of the molecule is CC(=O)Nc1sc(S(=O)(=O)c2ccccc2)c(C)c1-c1ccccc1C(N)=O. The van der Waals surface area contributed by atoms with E-state index in [1.54, 1.807) is 49.4 Å². The molecule has 3 aromatic rings. The molecule has 0 spiro atoms. The highest BCUT2D eigenvalue weighted by Crippen LogP contribution is 2.45. The first-order chi connectivity index (χ1) is 13.2. The predicted molar refractivity (Wildman–Crippen MR) is 109 cm³/mol. The summed E-state index contributed by atoms with van der Waals surface area (Å²) in [7, 11) is -3.80. The van der Waals surface area contributed by atoms with Crippen LogP contribution in [0.5, 0.6) is 0 Å². The van der Waals surface area contributed by atoms with E-state index in [0.717, 1.165) is 11.3 Å². The summed E-state index contributed by atoms with van der Waals surface area (Å²) in [5.41, 5.74) is 7.14. The number of nitrogens with one attached hydrogen (secondary N) is 1. The van der Waals surface area contributed by atoms with Crippen molar-refractivity contribution in [3.8, 4) is 11.1 Å². The van der Waals surface area contributed by atoms with Gasteiger partial charge in [-0.25, -0.2) is 8.42 Å². The fourth-order valence-corrected chi connectivity index (χ4v) is 6.16. The Hall–Kier alpha value is -2.97. The average molecular weight is 415 g/mol. The van der Waals surface area contributed by atoms with E-state index in [4.69, 9.17) is 5.73 Å². The van der Waals surface area contributed by atoms with Gasteiger partial charge < -0.3 is 11.1 Å². The molecule has 0 radical (unpaired) electrons. The molecule has 0 saturated carbocycles. The molecule has 0 unspecified atom stereocenters. The minimum Gasteiger partial charge on any atom is -0.366 e. The first-order valence-electron chi connectivity index (χ1n) is 8.33. The third-order valence-corrected chi connectivity index (χ3v) is 7.75. The average Bonchev–Trinajstić information content (AvgIpc) is 2.98. The lowest BCUT2D eigenvalue weighted by atomic mass is 9.98. The van der Waals surface area contributed by atoms with Gasteiger partial charge in [0.1, 0.15) is 9.21 Å². The van der Waals surface area contributed by atoms with Gasteiger partial charge in [0, 0.05) is 18.1 Å². The monoisotopic (exact) mass is 414 g/mol. The fourth-order valence-electron chi connectivity index (χ4n) is 2.94. The summed E-state index contributed by atoms with van der Waals surface area (Å²) < 4.78 is 26.4. The Morgan fingerprint density at radius 1 is 1.00 bits per heavy atom. The van der Waals surface area contributed by atoms with Crippen molar-refractivity contribution in [2.75, 3.05) is 5.32 Å². The zero-order valence-electron chi connectivity index (χ0n) is 15.2. The number of rotatable bonds is 5. The van der Waals surface area contributed by atoms with Crippen LogP contribution in [0.3, 0.4) is 0 Å². The molecule has 8 heteroatoms. The molecule has 0 fully saturated rings. The van der Waals surface area contributed by atoms with Gasteiger partial charge >= 0.3 is 0 Å². The number of hydrogen-bond acceptors (Lipinski definition) is 5. The quantitative estimate of drug-likeness (QED) is 0.665. The second-order valence-corrected chi connectivity index (χ2v) is 9.29. The number of primary amides is 1. The molecule has 1 aromatic heterocycles. The molecule has 0 aliphatic heterocycles. The summed E-state index contributed by atoms with van der Waals surface area (Å²) in [6.07, 6.45) is 0. The maximum Gasteiger partial charge on any atom is 0.249 e. The molecule has 0 aliphatic rings. The first kappa shape index (κ1) is 19.8. The fraction of sp³-hybridized carbons (Fsp3) is 0.100. The van der Waals surface area contributed by atoms with Crippen LogP contribution in [0.15, 0.2) is 63.7 Å². The van der Waals surface area contributed by atoms with Gasteiger partial charge in [-0.3, -0.25) is 9.59 Å². The van der Waals surface area contributed by atoms with Crippen molar-refractivity contribution in [1.29, 1.82) is 0 Å². The van der Waals surface area contributed by atoms with Crippen molar-refractivity contribution in [3.05, 3.63) is 65.7 Å². The largest absolute Gasteiger partial charge is 0.366 e. The van der Waals surface area contributed by atoms with Gasteiger partial charge in [0.25, 0.3) is 0 Å². The molecule has 6 nitrogen and oxygen atoms in total. The van der Waals surface area contributed by atoms with Gasteiger partial charge in [0.2, 0.25) is 21.7 Å². The van der Waals surface area contributed by atoms with Crippen LogP contribution in [0.4, 0.5) is 5.00 Å². The number of sulfone groups is 1. The van der Waals surface area contributed by atoms with E-state index in [9.17, 15) is 18.0 Å². The Bertz CT molecular complexity index is 1170. The highest BCUT2D eigenvalue weighted by Gasteiger charge is 2.28. The van der Waals surface area contributed by atoms with Crippen molar-refractivity contribution in [1.82, 2.24) is 0 Å². The lowest BCUT2D eigenvalue weighted by Crippen LogP contribution is -2.13. The van der Waals surface area contributed by atoms with E-state index >= 15 is 0 Å². The molecule has 2 aromatic carbocycles. The van der Waals surface area contributed by atoms with Crippen molar-refractivity contribution in [2.45, 2.75) is 23.0 Å². The molecule has 1 heterocycles. The van der Waals surface area contributed by atoms with E-state index in [1.165, 1.54) is 19.1 Å². The Morgan fingerprint density at radius 2 is 1.61 bits per heavy atom. The molecule has 144 valence electrons. The normalized spacial score (nSPS) is 11.2. The first-order valence-corrected chi connectivity index (χ1v) is 10.6. The van der Waals surface area contributed by atoms with Crippen LogP contribution in [0.2, 0.25) is 0 Å². The highest BCUT2D eigenvalue weighted by molar-refractivity contribution is 7.93. The van der Waals surface area contributed by atoms with Crippen LogP contribution in [-0.4, -0.2) is 20.2 Å². The summed E-state index contributed by atoms with van der Waals surface area (Å²) in [5, 5.41) is 3.04. The van der Waals surface area contributed by atoms with Crippen LogP contribution in [0, 0.1) is 6.92 Å². The van der Waals surface area contributed by atoms with E-state index < -0.39 is 15.7 Å². The highest BCUT2D eigenvalue weighted by atomic mass is 32.2. The second-order valence-electron chi connectivity index (χ2n) is 6.13. The van der Waals surface area contributed by atoms with Gasteiger partial charge in [0.15, 0.2) is 0 Å². The zero-order chi connectivity index (χ0) is 20.5. The summed E-state index contributed by atoms with van der Waals surface area (Å²) in [6, 6.07) is 14.7. The number of amides is 2. The lowest BCUT2D eigenvalue weighted by Gasteiger charge is -2.10. The molecule has 0 saturated heterocycles. The van der Waals surface area contributed by atoms with Crippen LogP contribution >= 0.6 is 11.3 Å². The van der Waals surface area contributed by atoms with E-state index in [-0.39, 0.29) is 20.6 Å². The Morgan fingerprint density at radius 3 is 2.21 bits per heavy atom. The van der Waals surface area contributed by atoms with Crippen molar-refractivity contribution in [3.63, 3.8) is 0 Å². The third kappa shape index (κ3) is 3.56. The molecule has 0 atom stereocenters. The smallest absolute Gasteiger partial charge is 0.249 e. The van der Waals surface area contributed by atoms with Crippen LogP contribution in [0.1, 0.15) is 22.8 Å². The van der Waals surface area contributed by atoms with Crippen molar-refractivity contribution >= 4 is 38.0 Å². The number of benzene rings is 2. The summed E-state index contributed by atoms with van der Waals surface area (Å²) >= 11 is 0.959. The van der Waals surface area contributed by atoms with Gasteiger partial charge in [-0.2, -0.15) is 0 Å². The van der Waals surface area contributed by atoms with E-state index in [2.05, 4.69) is 5.32 Å². The molecule has 3 N–H and O–H groups in total. The molecule has 2 amide bonds. The van der Waals surface area contributed by atoms with Gasteiger partial charge in [-0.15, -0.1) is 11.3 Å². The van der Waals surface area contributed by atoms with Gasteiger partial charge in [0.05, 0.1) is 4.90 Å². The summed E-state index contributed by atoms with van der Waals surface area (Å²) in [6.45, 7) is 2.99. The Kier molecular flexibility index (Phi) is 5.35. The van der Waals surface area contributed by atoms with E-state index in [1.807, 2.05) is 0 Å². The number of hydrogen-bond donors (Lipinski definition) is 2. The van der Waals surface area contributed by atoms with Gasteiger partial charge in [-0.05, 0) is 36.2 Å². The molecular formula is C20H18N2O4S2. The molecular weight excluding hydrogens is 396 g/mol. The number of nitrogens with two attached hydrogens (primary N) is 1. The van der Waals surface area contributed by atoms with Crippen LogP contribution in [-0.2, 0) is 14.6 Å². The maximum absolute atomic E-state index is 13.2. The van der Waals surface area contributed by atoms with Crippen LogP contribution in [0.25, 0.3) is 11.1 Å². The second kappa shape index (κ2) is 7.57. The van der Waals surface area contributed by atoms with Crippen LogP contribution < -0.4 is 11.1 Å². The Labute approximate surface area is 166 Å². The van der Waals surface area contributed by atoms with Gasteiger partial charge in [-0.1, -0.05) is 36.4 Å². The molecule has 3 rings (SSSR count). The number of carbonyl (C=O) groups excluding carboxylic acids is 2. The molecule has 0 bridgehead atoms. The number of carbonyl (C=O) groups is 2.